The molecule has 1 aromatic heterocycles. The van der Waals surface area contributed by atoms with Crippen molar-refractivity contribution in [3.63, 3.8) is 0 Å². The second-order valence-electron chi connectivity index (χ2n) is 5.20. The van der Waals surface area contributed by atoms with E-state index in [9.17, 15) is 9.59 Å². The number of aromatic nitrogens is 2. The Balaban J connectivity index is 1.58. The molecule has 23 heavy (non-hydrogen) atoms. The van der Waals surface area contributed by atoms with Crippen LogP contribution in [0.1, 0.15) is 15.9 Å². The number of amides is 2. The van der Waals surface area contributed by atoms with E-state index in [0.29, 0.717) is 11.5 Å². The fraction of sp³-hybridized carbons (Fsp3) is 0.118. The predicted molar refractivity (Wildman–Crippen MR) is 88.2 cm³/mol. The van der Waals surface area contributed by atoms with Gasteiger partial charge < -0.3 is 10.3 Å². The third-order valence-electron chi connectivity index (χ3n) is 3.34. The number of hydrogen-bond acceptors (Lipinski definition) is 3. The van der Waals surface area contributed by atoms with Crippen LogP contribution in [0.4, 0.5) is 5.95 Å². The topological polar surface area (TPSA) is 86.9 Å². The number of carbonyl (C=O) groups excluding carboxylic acids is 2. The highest BCUT2D eigenvalue weighted by atomic mass is 16.2. The first-order valence-corrected chi connectivity index (χ1v) is 7.21. The minimum atomic E-state index is -0.343. The number of rotatable bonds is 4. The number of H-pyrrole nitrogens is 1. The molecule has 6 heteroatoms. The van der Waals surface area contributed by atoms with Gasteiger partial charge in [0.2, 0.25) is 11.9 Å². The first-order chi connectivity index (χ1) is 11.1. The first-order valence-electron chi connectivity index (χ1n) is 7.21. The van der Waals surface area contributed by atoms with Crippen LogP contribution in [0.15, 0.2) is 48.5 Å². The van der Waals surface area contributed by atoms with E-state index in [-0.39, 0.29) is 18.4 Å². The number of imidazole rings is 1. The molecule has 0 spiro atoms. The van der Waals surface area contributed by atoms with Crippen LogP contribution in [-0.2, 0) is 4.79 Å². The predicted octanol–water partition coefficient (Wildman–Crippen LogP) is 2.24. The molecule has 0 aliphatic rings. The van der Waals surface area contributed by atoms with Crippen molar-refractivity contribution in [1.82, 2.24) is 15.3 Å². The molecule has 1 heterocycles. The fourth-order valence-electron chi connectivity index (χ4n) is 2.24. The number of fused-ring (bicyclic) bond motifs is 1. The minimum Gasteiger partial charge on any atom is -0.343 e. The molecule has 0 radical (unpaired) electrons. The van der Waals surface area contributed by atoms with Crippen molar-refractivity contribution in [1.29, 1.82) is 0 Å². The van der Waals surface area contributed by atoms with Gasteiger partial charge in [0.1, 0.15) is 0 Å². The van der Waals surface area contributed by atoms with Crippen LogP contribution < -0.4 is 10.6 Å². The van der Waals surface area contributed by atoms with Gasteiger partial charge in [-0.25, -0.2) is 4.98 Å². The Labute approximate surface area is 132 Å². The van der Waals surface area contributed by atoms with E-state index in [2.05, 4.69) is 20.6 Å². The lowest BCUT2D eigenvalue weighted by molar-refractivity contribution is -0.115. The molecule has 0 atom stereocenters. The largest absolute Gasteiger partial charge is 0.343 e. The van der Waals surface area contributed by atoms with Crippen molar-refractivity contribution in [3.8, 4) is 0 Å². The Bertz CT molecular complexity index is 837. The van der Waals surface area contributed by atoms with Crippen LogP contribution in [0, 0.1) is 6.92 Å². The molecule has 0 bridgehead atoms. The average Bonchev–Trinajstić information content (AvgIpc) is 2.94. The van der Waals surface area contributed by atoms with E-state index in [1.54, 1.807) is 18.2 Å². The number of anilines is 1. The Morgan fingerprint density at radius 3 is 2.74 bits per heavy atom. The molecule has 2 aromatic carbocycles. The van der Waals surface area contributed by atoms with Crippen molar-refractivity contribution >= 4 is 28.8 Å². The van der Waals surface area contributed by atoms with Crippen LogP contribution in [0.3, 0.4) is 0 Å². The van der Waals surface area contributed by atoms with E-state index in [1.165, 1.54) is 0 Å². The summed E-state index contributed by atoms with van der Waals surface area (Å²) < 4.78 is 0. The van der Waals surface area contributed by atoms with Gasteiger partial charge in [-0.2, -0.15) is 0 Å². The number of aromatic amines is 1. The molecule has 0 fully saturated rings. The summed E-state index contributed by atoms with van der Waals surface area (Å²) in [6.45, 7) is 1.79. The van der Waals surface area contributed by atoms with Gasteiger partial charge in [-0.05, 0) is 31.2 Å². The SMILES string of the molecule is Cc1cccc(C(=O)NCC(=O)Nc2nc3ccccc3[nH]2)c1. The Morgan fingerprint density at radius 2 is 1.96 bits per heavy atom. The number of nitrogens with one attached hydrogen (secondary N) is 3. The smallest absolute Gasteiger partial charge is 0.251 e. The van der Waals surface area contributed by atoms with Gasteiger partial charge in [0.25, 0.3) is 5.91 Å². The summed E-state index contributed by atoms with van der Waals surface area (Å²) >= 11 is 0. The number of hydrogen-bond donors (Lipinski definition) is 3. The molecule has 0 saturated heterocycles. The van der Waals surface area contributed by atoms with Gasteiger partial charge in [0.15, 0.2) is 0 Å². The van der Waals surface area contributed by atoms with E-state index < -0.39 is 0 Å². The number of carbonyl (C=O) groups is 2. The standard InChI is InChI=1S/C17H16N4O2/c1-11-5-4-6-12(9-11)16(23)18-10-15(22)21-17-19-13-7-2-3-8-14(13)20-17/h2-9H,10H2,1H3,(H,18,23)(H2,19,20,21,22). The fourth-order valence-corrected chi connectivity index (χ4v) is 2.24. The maximum Gasteiger partial charge on any atom is 0.251 e. The normalized spacial score (nSPS) is 10.5. The molecular weight excluding hydrogens is 292 g/mol. The molecule has 0 saturated carbocycles. The lowest BCUT2D eigenvalue weighted by atomic mass is 10.1. The molecule has 6 nitrogen and oxygen atoms in total. The van der Waals surface area contributed by atoms with Gasteiger partial charge in [0, 0.05) is 5.56 Å². The molecule has 3 rings (SSSR count). The number of nitrogens with zero attached hydrogens (tertiary/aromatic N) is 1. The summed E-state index contributed by atoms with van der Waals surface area (Å²) in [7, 11) is 0. The lowest BCUT2D eigenvalue weighted by Crippen LogP contribution is -2.33. The second-order valence-corrected chi connectivity index (χ2v) is 5.20. The molecule has 3 N–H and O–H groups in total. The number of aryl methyl sites for hydroxylation is 1. The van der Waals surface area contributed by atoms with Crippen LogP contribution in [0.2, 0.25) is 0 Å². The van der Waals surface area contributed by atoms with E-state index in [0.717, 1.165) is 16.6 Å². The van der Waals surface area contributed by atoms with E-state index in [1.807, 2.05) is 37.3 Å². The highest BCUT2D eigenvalue weighted by Gasteiger charge is 2.10. The van der Waals surface area contributed by atoms with Crippen LogP contribution in [0.25, 0.3) is 11.0 Å². The third kappa shape index (κ3) is 3.55. The average molecular weight is 308 g/mol. The van der Waals surface area contributed by atoms with Gasteiger partial charge in [-0.1, -0.05) is 29.8 Å². The lowest BCUT2D eigenvalue weighted by Gasteiger charge is -2.05. The van der Waals surface area contributed by atoms with Crippen LogP contribution >= 0.6 is 0 Å². The van der Waals surface area contributed by atoms with E-state index >= 15 is 0 Å². The van der Waals surface area contributed by atoms with E-state index in [4.69, 9.17) is 0 Å². The molecular formula is C17H16N4O2. The van der Waals surface area contributed by atoms with Gasteiger partial charge in [-0.3, -0.25) is 14.9 Å². The maximum atomic E-state index is 12.0. The zero-order valence-corrected chi connectivity index (χ0v) is 12.6. The van der Waals surface area contributed by atoms with Crippen LogP contribution in [-0.4, -0.2) is 28.3 Å². The van der Waals surface area contributed by atoms with Crippen molar-refractivity contribution < 1.29 is 9.59 Å². The molecule has 116 valence electrons. The van der Waals surface area contributed by atoms with Crippen molar-refractivity contribution in [2.45, 2.75) is 6.92 Å². The van der Waals surface area contributed by atoms with Gasteiger partial charge >= 0.3 is 0 Å². The van der Waals surface area contributed by atoms with Crippen molar-refractivity contribution in [3.05, 3.63) is 59.7 Å². The first kappa shape index (κ1) is 14.8. The van der Waals surface area contributed by atoms with Gasteiger partial charge in [0.05, 0.1) is 17.6 Å². The second kappa shape index (κ2) is 6.31. The van der Waals surface area contributed by atoms with Crippen molar-refractivity contribution in [2.75, 3.05) is 11.9 Å². The Hall–Kier alpha value is -3.15. The number of para-hydroxylation sites is 2. The Morgan fingerprint density at radius 1 is 1.13 bits per heavy atom. The highest BCUT2D eigenvalue weighted by molar-refractivity contribution is 5.99. The summed E-state index contributed by atoms with van der Waals surface area (Å²) in [5, 5.41) is 5.22. The molecule has 0 aliphatic carbocycles. The minimum absolute atomic E-state index is 0.121. The summed E-state index contributed by atoms with van der Waals surface area (Å²) in [4.78, 5) is 31.1. The number of benzene rings is 2. The molecule has 0 aliphatic heterocycles. The van der Waals surface area contributed by atoms with Gasteiger partial charge in [-0.15, -0.1) is 0 Å². The zero-order chi connectivity index (χ0) is 16.2. The Kier molecular flexibility index (Phi) is 4.05. The highest BCUT2D eigenvalue weighted by Crippen LogP contribution is 2.12. The third-order valence-corrected chi connectivity index (χ3v) is 3.34. The zero-order valence-electron chi connectivity index (χ0n) is 12.6. The summed E-state index contributed by atoms with van der Waals surface area (Å²) in [6, 6.07) is 14.7. The summed E-state index contributed by atoms with van der Waals surface area (Å²) in [5.41, 5.74) is 3.13. The molecule has 0 unspecified atom stereocenters. The molecule has 3 aromatic rings. The summed E-state index contributed by atoms with van der Waals surface area (Å²) in [6.07, 6.45) is 0. The monoisotopic (exact) mass is 308 g/mol. The van der Waals surface area contributed by atoms with Crippen molar-refractivity contribution in [2.24, 2.45) is 0 Å². The quantitative estimate of drug-likeness (QED) is 0.691. The molecule has 2 amide bonds. The van der Waals surface area contributed by atoms with Crippen LogP contribution in [0.5, 0.6) is 0 Å². The maximum absolute atomic E-state index is 12.0. The summed E-state index contributed by atoms with van der Waals surface area (Å²) in [5.74, 6) is -0.264.